The van der Waals surface area contributed by atoms with Crippen LogP contribution in [-0.2, 0) is 11.3 Å². The van der Waals surface area contributed by atoms with Crippen molar-refractivity contribution in [2.75, 3.05) is 6.54 Å². The molecule has 166 valence electrons. The molecule has 0 aliphatic carbocycles. The fraction of sp³-hybridized carbons (Fsp3) is 0.160. The lowest BCUT2D eigenvalue weighted by molar-refractivity contribution is -0.129. The summed E-state index contributed by atoms with van der Waals surface area (Å²) < 4.78 is 7.61. The second-order valence-corrected chi connectivity index (χ2v) is 7.89. The largest absolute Gasteiger partial charge is 0.508 e. The third kappa shape index (κ3) is 3.76. The zero-order chi connectivity index (χ0) is 22.9. The molecule has 3 heterocycles. The summed E-state index contributed by atoms with van der Waals surface area (Å²) in [6.45, 7) is 0.934. The molecule has 1 atom stereocenters. The molecule has 2 aromatic heterocycles. The molecule has 2 N–H and O–H groups in total. The van der Waals surface area contributed by atoms with Gasteiger partial charge < -0.3 is 24.1 Å². The van der Waals surface area contributed by atoms with Crippen LogP contribution in [0.4, 0.5) is 0 Å². The molecule has 1 amide bonds. The quantitative estimate of drug-likeness (QED) is 0.418. The molecule has 0 unspecified atom stereocenters. The van der Waals surface area contributed by atoms with E-state index in [2.05, 4.69) is 4.98 Å². The van der Waals surface area contributed by atoms with E-state index in [1.807, 2.05) is 22.9 Å². The molecule has 8 nitrogen and oxygen atoms in total. The van der Waals surface area contributed by atoms with Crippen molar-refractivity contribution in [2.24, 2.45) is 0 Å². The van der Waals surface area contributed by atoms with Crippen LogP contribution in [0.25, 0.3) is 11.0 Å². The number of fused-ring (bicyclic) bond motifs is 1. The Kier molecular flexibility index (Phi) is 5.18. The number of phenols is 1. The molecule has 1 aliphatic heterocycles. The number of benzene rings is 2. The Morgan fingerprint density at radius 2 is 1.85 bits per heavy atom. The maximum Gasteiger partial charge on any atom is 0.290 e. The maximum absolute atomic E-state index is 13.5. The first-order chi connectivity index (χ1) is 16.0. The van der Waals surface area contributed by atoms with Gasteiger partial charge >= 0.3 is 0 Å². The van der Waals surface area contributed by atoms with Crippen LogP contribution in [0.2, 0.25) is 0 Å². The molecule has 0 radical (unpaired) electrons. The minimum absolute atomic E-state index is 0.0348. The number of rotatable bonds is 7. The van der Waals surface area contributed by atoms with Crippen LogP contribution in [-0.4, -0.2) is 42.9 Å². The van der Waals surface area contributed by atoms with Gasteiger partial charge in [0.2, 0.25) is 5.78 Å². The van der Waals surface area contributed by atoms with Gasteiger partial charge in [-0.05, 0) is 36.2 Å². The Morgan fingerprint density at radius 1 is 1.06 bits per heavy atom. The lowest BCUT2D eigenvalue weighted by atomic mass is 9.95. The highest BCUT2D eigenvalue weighted by Gasteiger charge is 2.44. The van der Waals surface area contributed by atoms with Crippen molar-refractivity contribution < 1.29 is 24.2 Å². The Labute approximate surface area is 189 Å². The normalized spacial score (nSPS) is 16.2. The van der Waals surface area contributed by atoms with Gasteiger partial charge in [-0.1, -0.05) is 30.3 Å². The summed E-state index contributed by atoms with van der Waals surface area (Å²) >= 11 is 0. The van der Waals surface area contributed by atoms with Crippen molar-refractivity contribution in [3.63, 3.8) is 0 Å². The van der Waals surface area contributed by atoms with Crippen molar-refractivity contribution in [2.45, 2.75) is 19.0 Å². The lowest BCUT2D eigenvalue weighted by Gasteiger charge is -2.26. The van der Waals surface area contributed by atoms with Gasteiger partial charge in [-0.2, -0.15) is 0 Å². The number of carbonyl (C=O) groups excluding carboxylic acids is 2. The number of phenolic OH excluding ortho intramolecular Hbond substituents is 1. The Bertz CT molecular complexity index is 1320. The number of aromatic nitrogens is 2. The molecule has 0 spiro atoms. The van der Waals surface area contributed by atoms with E-state index >= 15 is 0 Å². The van der Waals surface area contributed by atoms with Crippen molar-refractivity contribution in [1.29, 1.82) is 0 Å². The van der Waals surface area contributed by atoms with E-state index in [-0.39, 0.29) is 17.1 Å². The number of aryl methyl sites for hydroxylation is 1. The van der Waals surface area contributed by atoms with Crippen LogP contribution in [0.1, 0.15) is 28.6 Å². The van der Waals surface area contributed by atoms with Gasteiger partial charge in [-0.25, -0.2) is 4.98 Å². The van der Waals surface area contributed by atoms with Crippen LogP contribution < -0.4 is 0 Å². The number of hydrogen-bond donors (Lipinski definition) is 2. The Morgan fingerprint density at radius 3 is 2.58 bits per heavy atom. The highest BCUT2D eigenvalue weighted by molar-refractivity contribution is 6.16. The predicted molar refractivity (Wildman–Crippen MR) is 120 cm³/mol. The van der Waals surface area contributed by atoms with Gasteiger partial charge in [0, 0.05) is 30.9 Å². The smallest absolute Gasteiger partial charge is 0.290 e. The van der Waals surface area contributed by atoms with E-state index in [9.17, 15) is 19.8 Å². The van der Waals surface area contributed by atoms with E-state index in [1.54, 1.807) is 42.9 Å². The monoisotopic (exact) mass is 443 g/mol. The molecule has 0 saturated carbocycles. The van der Waals surface area contributed by atoms with E-state index in [0.717, 1.165) is 5.39 Å². The number of para-hydroxylation sites is 1. The molecule has 0 saturated heterocycles. The SMILES string of the molecule is O=C(C1=C(O)C(=O)N(CCCn2ccnc2)[C@@H]1c1ccc(O)cc1)c1cc2ccccc2o1. The zero-order valence-corrected chi connectivity index (χ0v) is 17.6. The first kappa shape index (κ1) is 20.6. The first-order valence-electron chi connectivity index (χ1n) is 10.5. The fourth-order valence-electron chi connectivity index (χ4n) is 4.19. The lowest BCUT2D eigenvalue weighted by Crippen LogP contribution is -2.32. The summed E-state index contributed by atoms with van der Waals surface area (Å²) in [5.74, 6) is -1.63. The van der Waals surface area contributed by atoms with Gasteiger partial charge in [0.25, 0.3) is 5.91 Å². The molecule has 8 heteroatoms. The molecule has 5 rings (SSSR count). The number of furan rings is 1. The summed E-state index contributed by atoms with van der Waals surface area (Å²) in [5.41, 5.74) is 1.11. The molecule has 1 aliphatic rings. The third-order valence-electron chi connectivity index (χ3n) is 5.78. The highest BCUT2D eigenvalue weighted by atomic mass is 16.3. The van der Waals surface area contributed by atoms with Gasteiger partial charge in [0.15, 0.2) is 11.5 Å². The topological polar surface area (TPSA) is 109 Å². The Hall–Kier alpha value is -4.33. The molecule has 0 bridgehead atoms. The summed E-state index contributed by atoms with van der Waals surface area (Å²) in [5, 5.41) is 21.2. The average molecular weight is 443 g/mol. The second-order valence-electron chi connectivity index (χ2n) is 7.89. The van der Waals surface area contributed by atoms with Crippen LogP contribution in [0.3, 0.4) is 0 Å². The maximum atomic E-state index is 13.5. The van der Waals surface area contributed by atoms with E-state index < -0.39 is 23.5 Å². The van der Waals surface area contributed by atoms with E-state index in [4.69, 9.17) is 4.42 Å². The number of ketones is 1. The van der Waals surface area contributed by atoms with Gasteiger partial charge in [0.1, 0.15) is 11.3 Å². The number of aliphatic hydroxyl groups is 1. The zero-order valence-electron chi connectivity index (χ0n) is 17.6. The highest BCUT2D eigenvalue weighted by Crippen LogP contribution is 2.40. The number of aromatic hydroxyl groups is 1. The summed E-state index contributed by atoms with van der Waals surface area (Å²) in [4.78, 5) is 32.0. The van der Waals surface area contributed by atoms with Crippen molar-refractivity contribution in [3.8, 4) is 5.75 Å². The van der Waals surface area contributed by atoms with Gasteiger partial charge in [0.05, 0.1) is 17.9 Å². The number of hydrogen-bond acceptors (Lipinski definition) is 6. The molecular formula is C25H21N3O5. The number of carbonyl (C=O) groups is 2. The summed E-state index contributed by atoms with van der Waals surface area (Å²) in [6, 6.07) is 14.3. The number of Topliss-reactive ketones (excluding diaryl/α,β-unsaturated/α-hetero) is 1. The molecule has 2 aromatic carbocycles. The van der Waals surface area contributed by atoms with Crippen molar-refractivity contribution >= 4 is 22.7 Å². The molecule has 0 fully saturated rings. The van der Waals surface area contributed by atoms with Crippen LogP contribution >= 0.6 is 0 Å². The number of aliphatic hydroxyl groups excluding tert-OH is 1. The minimum atomic E-state index is -0.804. The standard InChI is InChI=1S/C25H21N3O5/c29-18-8-6-16(7-9-18)22-21(23(30)20-14-17-4-1-2-5-19(17)33-20)24(31)25(32)28(22)12-3-11-27-13-10-26-15-27/h1-2,4-10,13-15,22,29,31H,3,11-12H2/t22-/m1/s1. The van der Waals surface area contributed by atoms with Crippen LogP contribution in [0.5, 0.6) is 5.75 Å². The van der Waals surface area contributed by atoms with E-state index in [1.165, 1.54) is 17.0 Å². The Balaban J connectivity index is 1.50. The van der Waals surface area contributed by atoms with E-state index in [0.29, 0.717) is 30.7 Å². The minimum Gasteiger partial charge on any atom is -0.508 e. The number of amides is 1. The third-order valence-corrected chi connectivity index (χ3v) is 5.78. The first-order valence-corrected chi connectivity index (χ1v) is 10.5. The second kappa shape index (κ2) is 8.31. The predicted octanol–water partition coefficient (Wildman–Crippen LogP) is 4.00. The van der Waals surface area contributed by atoms with Gasteiger partial charge in [-0.3, -0.25) is 9.59 Å². The molecule has 4 aromatic rings. The number of imidazole rings is 1. The van der Waals surface area contributed by atoms with Crippen LogP contribution in [0.15, 0.2) is 89.1 Å². The van der Waals surface area contributed by atoms with Crippen LogP contribution in [0, 0.1) is 0 Å². The molecule has 33 heavy (non-hydrogen) atoms. The summed E-state index contributed by atoms with van der Waals surface area (Å²) in [7, 11) is 0. The summed E-state index contributed by atoms with van der Waals surface area (Å²) in [6.07, 6.45) is 5.79. The average Bonchev–Trinajstić information content (AvgIpc) is 3.54. The fourth-order valence-corrected chi connectivity index (χ4v) is 4.19. The van der Waals surface area contributed by atoms with Crippen molar-refractivity contribution in [3.05, 3.63) is 96.0 Å². The van der Waals surface area contributed by atoms with Crippen molar-refractivity contribution in [1.82, 2.24) is 14.5 Å². The van der Waals surface area contributed by atoms with Gasteiger partial charge in [-0.15, -0.1) is 0 Å². The molecular weight excluding hydrogens is 422 g/mol. The number of nitrogens with zero attached hydrogens (tertiary/aromatic N) is 3.